The Hall–Kier alpha value is -1.81. The maximum Gasteiger partial charge on any atom is 0.411 e. The molecule has 7 atom stereocenters. The van der Waals surface area contributed by atoms with Crippen LogP contribution in [0, 0.1) is 22.7 Å². The number of carbonyl (C=O) groups is 2. The molecular weight excluding hydrogens is 492 g/mol. The van der Waals surface area contributed by atoms with Crippen molar-refractivity contribution in [2.75, 3.05) is 31.3 Å². The molecule has 2 saturated carbocycles. The highest BCUT2D eigenvalue weighted by molar-refractivity contribution is 7.98. The number of nitrogens with zero attached hydrogens (tertiary/aromatic N) is 1. The van der Waals surface area contributed by atoms with Crippen molar-refractivity contribution in [3.63, 3.8) is 0 Å². The smallest absolute Gasteiger partial charge is 0.411 e. The van der Waals surface area contributed by atoms with E-state index in [0.29, 0.717) is 37.9 Å². The maximum atomic E-state index is 13.3. The second kappa shape index (κ2) is 11.5. The normalized spacial score (nSPS) is 35.6. The Bertz CT molecular complexity index is 978. The molecule has 0 aromatic heterocycles. The summed E-state index contributed by atoms with van der Waals surface area (Å²) in [6, 6.07) is 7.42. The number of carbonyl (C=O) groups excluding carboxylic acids is 2. The fourth-order valence-electron chi connectivity index (χ4n) is 7.42. The number of aliphatic hydroxyl groups excluding tert-OH is 3. The van der Waals surface area contributed by atoms with Crippen molar-refractivity contribution < 1.29 is 29.6 Å². The van der Waals surface area contributed by atoms with Gasteiger partial charge in [0.05, 0.1) is 25.4 Å². The van der Waals surface area contributed by atoms with Crippen LogP contribution >= 0.6 is 11.8 Å². The van der Waals surface area contributed by atoms with E-state index in [-0.39, 0.29) is 48.8 Å². The van der Waals surface area contributed by atoms with Gasteiger partial charge in [0.15, 0.2) is 0 Å². The van der Waals surface area contributed by atoms with Crippen molar-refractivity contribution in [3.8, 4) is 0 Å². The molecule has 1 aliphatic heterocycles. The average molecular weight is 535 g/mol. The van der Waals surface area contributed by atoms with E-state index in [0.717, 1.165) is 17.7 Å². The molecule has 1 aromatic carbocycles. The number of ether oxygens (including phenoxy) is 1. The average Bonchev–Trinajstić information content (AvgIpc) is 3.37. The highest BCUT2D eigenvalue weighted by atomic mass is 32.2. The number of likely N-dealkylation sites (tertiary alicyclic amines) is 1. The topological polar surface area (TPSA) is 119 Å². The van der Waals surface area contributed by atoms with E-state index in [4.69, 9.17) is 4.74 Å². The summed E-state index contributed by atoms with van der Waals surface area (Å²) in [5, 5.41) is 34.2. The number of aliphatic hydroxyl groups is 3. The standard InChI is InChI=1S/C28H42N2O6S/c1-27-12-11-24(36-26(35)29-18-6-4-8-20(14-18)37-3)28(2,17-32)23(27)10-9-22(33)21(27)15-25(34)30-13-5-7-19(30)16-31/h4,6,8,14,19,21-24,31-33H,5,7,9-13,15-17H2,1-3H3,(H,29,35)/t19-,21+,22+,23-,24+,27-,28-/m0/s1. The van der Waals surface area contributed by atoms with Gasteiger partial charge in [0, 0.05) is 29.0 Å². The van der Waals surface area contributed by atoms with Gasteiger partial charge in [-0.2, -0.15) is 0 Å². The molecule has 0 unspecified atom stereocenters. The fourth-order valence-corrected chi connectivity index (χ4v) is 7.88. The molecule has 1 saturated heterocycles. The van der Waals surface area contributed by atoms with Gasteiger partial charge >= 0.3 is 6.09 Å². The molecule has 1 aromatic rings. The number of rotatable bonds is 7. The Morgan fingerprint density at radius 2 is 1.97 bits per heavy atom. The molecule has 2 amide bonds. The summed E-state index contributed by atoms with van der Waals surface area (Å²) in [5.74, 6) is -0.295. The SMILES string of the molecule is CSc1cccc(NC(=O)O[C@@H]2CC[C@]3(C)[C@H](CC[C@@H](O)[C@H]3CC(=O)N3CCC[C@H]3CO)[C@]2(C)CO)c1. The van der Waals surface area contributed by atoms with Crippen molar-refractivity contribution in [2.45, 2.75) is 81.9 Å². The largest absolute Gasteiger partial charge is 0.445 e. The minimum absolute atomic E-state index is 0.0154. The third kappa shape index (κ3) is 5.51. The summed E-state index contributed by atoms with van der Waals surface area (Å²) in [7, 11) is 0. The van der Waals surface area contributed by atoms with Crippen LogP contribution in [-0.4, -0.2) is 76.5 Å². The summed E-state index contributed by atoms with van der Waals surface area (Å²) >= 11 is 1.59. The van der Waals surface area contributed by atoms with Gasteiger partial charge in [-0.25, -0.2) is 4.79 Å². The molecule has 37 heavy (non-hydrogen) atoms. The van der Waals surface area contributed by atoms with Gasteiger partial charge in [0.1, 0.15) is 6.10 Å². The van der Waals surface area contributed by atoms with E-state index in [1.54, 1.807) is 16.7 Å². The molecule has 206 valence electrons. The minimum atomic E-state index is -0.700. The molecule has 4 rings (SSSR count). The molecule has 4 N–H and O–H groups in total. The lowest BCUT2D eigenvalue weighted by atomic mass is 9.46. The first-order valence-electron chi connectivity index (χ1n) is 13.5. The summed E-state index contributed by atoms with van der Waals surface area (Å²) < 4.78 is 5.94. The van der Waals surface area contributed by atoms with E-state index in [1.807, 2.05) is 37.4 Å². The first-order valence-corrected chi connectivity index (χ1v) is 14.7. The van der Waals surface area contributed by atoms with Crippen LogP contribution in [0.15, 0.2) is 29.2 Å². The molecule has 0 bridgehead atoms. The van der Waals surface area contributed by atoms with E-state index in [2.05, 4.69) is 12.2 Å². The van der Waals surface area contributed by atoms with Crippen LogP contribution in [0.1, 0.15) is 58.8 Å². The first-order chi connectivity index (χ1) is 17.7. The van der Waals surface area contributed by atoms with Crippen molar-refractivity contribution >= 4 is 29.4 Å². The summed E-state index contributed by atoms with van der Waals surface area (Å²) in [6.45, 7) is 4.56. The van der Waals surface area contributed by atoms with Gasteiger partial charge in [0.2, 0.25) is 5.91 Å². The van der Waals surface area contributed by atoms with Crippen molar-refractivity contribution in [1.82, 2.24) is 4.90 Å². The van der Waals surface area contributed by atoms with E-state index >= 15 is 0 Å². The Morgan fingerprint density at radius 3 is 2.68 bits per heavy atom. The second-order valence-electron chi connectivity index (χ2n) is 11.5. The number of anilines is 1. The van der Waals surface area contributed by atoms with Crippen LogP contribution in [0.3, 0.4) is 0 Å². The molecule has 3 fully saturated rings. The van der Waals surface area contributed by atoms with E-state index in [9.17, 15) is 24.9 Å². The van der Waals surface area contributed by atoms with Gasteiger partial charge < -0.3 is 25.0 Å². The highest BCUT2D eigenvalue weighted by Crippen LogP contribution is 2.61. The predicted molar refractivity (Wildman–Crippen MR) is 143 cm³/mol. The van der Waals surface area contributed by atoms with Gasteiger partial charge in [-0.15, -0.1) is 11.8 Å². The highest BCUT2D eigenvalue weighted by Gasteiger charge is 2.60. The van der Waals surface area contributed by atoms with Gasteiger partial charge in [-0.05, 0) is 80.2 Å². The third-order valence-electron chi connectivity index (χ3n) is 9.54. The molecule has 0 spiro atoms. The first kappa shape index (κ1) is 28.2. The van der Waals surface area contributed by atoms with Crippen LogP contribution in [0.2, 0.25) is 0 Å². The lowest BCUT2D eigenvalue weighted by molar-refractivity contribution is -0.186. The number of thioether (sulfide) groups is 1. The van der Waals surface area contributed by atoms with Gasteiger partial charge in [-0.3, -0.25) is 10.1 Å². The van der Waals surface area contributed by atoms with Crippen LogP contribution in [-0.2, 0) is 9.53 Å². The van der Waals surface area contributed by atoms with Gasteiger partial charge in [0.25, 0.3) is 0 Å². The summed E-state index contributed by atoms with van der Waals surface area (Å²) in [4.78, 5) is 28.9. The Morgan fingerprint density at radius 1 is 1.19 bits per heavy atom. The molecule has 3 aliphatic rings. The summed E-state index contributed by atoms with van der Waals surface area (Å²) in [5.41, 5.74) is -0.429. The number of fused-ring (bicyclic) bond motifs is 1. The quantitative estimate of drug-likeness (QED) is 0.392. The number of nitrogens with one attached hydrogen (secondary N) is 1. The fraction of sp³-hybridized carbons (Fsp3) is 0.714. The minimum Gasteiger partial charge on any atom is -0.445 e. The van der Waals surface area contributed by atoms with Crippen LogP contribution in [0.5, 0.6) is 0 Å². The lowest BCUT2D eigenvalue weighted by Crippen LogP contribution is -2.61. The maximum absolute atomic E-state index is 13.3. The Balaban J connectivity index is 1.49. The molecule has 8 nitrogen and oxygen atoms in total. The third-order valence-corrected chi connectivity index (χ3v) is 10.3. The lowest BCUT2D eigenvalue weighted by Gasteiger charge is -2.60. The Kier molecular flexibility index (Phi) is 8.78. The predicted octanol–water partition coefficient (Wildman–Crippen LogP) is 3.88. The van der Waals surface area contributed by atoms with Crippen molar-refractivity contribution in [3.05, 3.63) is 24.3 Å². The zero-order chi connectivity index (χ0) is 26.8. The van der Waals surface area contributed by atoms with E-state index < -0.39 is 23.7 Å². The number of hydrogen-bond acceptors (Lipinski definition) is 7. The second-order valence-corrected chi connectivity index (χ2v) is 12.4. The molecule has 0 radical (unpaired) electrons. The zero-order valence-corrected chi connectivity index (χ0v) is 23.0. The zero-order valence-electron chi connectivity index (χ0n) is 22.2. The van der Waals surface area contributed by atoms with Gasteiger partial charge in [-0.1, -0.05) is 19.9 Å². The van der Waals surface area contributed by atoms with Crippen LogP contribution < -0.4 is 5.32 Å². The van der Waals surface area contributed by atoms with E-state index in [1.165, 1.54) is 0 Å². The Labute approximate surface area is 224 Å². The van der Waals surface area contributed by atoms with Crippen molar-refractivity contribution in [1.29, 1.82) is 0 Å². The van der Waals surface area contributed by atoms with Crippen LogP contribution in [0.4, 0.5) is 10.5 Å². The van der Waals surface area contributed by atoms with Crippen LogP contribution in [0.25, 0.3) is 0 Å². The number of hydrogen-bond donors (Lipinski definition) is 4. The van der Waals surface area contributed by atoms with Crippen molar-refractivity contribution in [2.24, 2.45) is 22.7 Å². The molecule has 9 heteroatoms. The number of amides is 2. The molecule has 1 heterocycles. The molecule has 2 aliphatic carbocycles. The monoisotopic (exact) mass is 534 g/mol. The number of benzene rings is 1. The summed E-state index contributed by atoms with van der Waals surface area (Å²) in [6.07, 6.45) is 4.72. The molecular formula is C28H42N2O6S.